The number of anilines is 1. The quantitative estimate of drug-likeness (QED) is 0.872. The third kappa shape index (κ3) is 3.33. The van der Waals surface area contributed by atoms with E-state index in [2.05, 4.69) is 5.32 Å². The van der Waals surface area contributed by atoms with E-state index in [0.29, 0.717) is 6.61 Å². The Kier molecular flexibility index (Phi) is 3.71. The number of hydrogen-bond acceptors (Lipinski definition) is 2. The van der Waals surface area contributed by atoms with Gasteiger partial charge in [-0.25, -0.2) is 0 Å². The Balaban J connectivity index is 2.00. The van der Waals surface area contributed by atoms with Crippen LogP contribution < -0.4 is 5.32 Å². The highest BCUT2D eigenvalue weighted by molar-refractivity contribution is 5.92. The molecule has 1 saturated heterocycles. The Morgan fingerprint density at radius 2 is 2.22 bits per heavy atom. The highest BCUT2D eigenvalue weighted by Crippen LogP contribution is 2.29. The molecule has 1 atom stereocenters. The summed E-state index contributed by atoms with van der Waals surface area (Å²) in [5, 5.41) is 3.00. The lowest BCUT2D eigenvalue weighted by Crippen LogP contribution is -2.39. The van der Waals surface area contributed by atoms with E-state index < -0.39 is 0 Å². The van der Waals surface area contributed by atoms with Crippen molar-refractivity contribution >= 4 is 11.6 Å². The summed E-state index contributed by atoms with van der Waals surface area (Å²) in [4.78, 5) is 12.2. The van der Waals surface area contributed by atoms with Gasteiger partial charge in [0.2, 0.25) is 5.91 Å². The van der Waals surface area contributed by atoms with Crippen molar-refractivity contribution < 1.29 is 9.53 Å². The lowest BCUT2D eigenvalue weighted by atomic mass is 9.88. The maximum absolute atomic E-state index is 12.2. The molecule has 0 radical (unpaired) electrons. The number of benzene rings is 1. The van der Waals surface area contributed by atoms with Crippen LogP contribution in [0.1, 0.15) is 32.3 Å². The molecule has 1 aromatic carbocycles. The molecule has 0 aromatic heterocycles. The first-order chi connectivity index (χ1) is 8.46. The summed E-state index contributed by atoms with van der Waals surface area (Å²) < 4.78 is 5.64. The Bertz CT molecular complexity index is 440. The van der Waals surface area contributed by atoms with Crippen LogP contribution in [-0.4, -0.2) is 18.1 Å². The first kappa shape index (κ1) is 13.1. The van der Waals surface area contributed by atoms with Gasteiger partial charge in [0.05, 0.1) is 5.60 Å². The predicted octanol–water partition coefficient (Wildman–Crippen LogP) is 3.14. The lowest BCUT2D eigenvalue weighted by molar-refractivity contribution is -0.130. The molecule has 18 heavy (non-hydrogen) atoms. The van der Waals surface area contributed by atoms with Crippen molar-refractivity contribution in [2.45, 2.75) is 39.2 Å². The second-order valence-corrected chi connectivity index (χ2v) is 5.66. The average molecular weight is 247 g/mol. The normalized spacial score (nSPS) is 22.5. The molecule has 1 amide bonds. The van der Waals surface area contributed by atoms with Crippen molar-refractivity contribution in [2.24, 2.45) is 5.92 Å². The van der Waals surface area contributed by atoms with E-state index in [9.17, 15) is 4.79 Å². The minimum Gasteiger partial charge on any atom is -0.376 e. The Hall–Kier alpha value is -1.35. The van der Waals surface area contributed by atoms with Gasteiger partial charge in [0.25, 0.3) is 0 Å². The van der Waals surface area contributed by atoms with E-state index in [1.165, 1.54) is 0 Å². The summed E-state index contributed by atoms with van der Waals surface area (Å²) >= 11 is 0. The minimum atomic E-state index is -0.188. The van der Waals surface area contributed by atoms with Crippen molar-refractivity contribution in [3.05, 3.63) is 29.8 Å². The molecule has 1 fully saturated rings. The van der Waals surface area contributed by atoms with E-state index >= 15 is 0 Å². The molecule has 0 saturated carbocycles. The molecule has 0 aliphatic carbocycles. The first-order valence-electron chi connectivity index (χ1n) is 6.48. The Morgan fingerprint density at radius 3 is 2.89 bits per heavy atom. The minimum absolute atomic E-state index is 0.0502. The number of carbonyl (C=O) groups excluding carboxylic acids is 1. The number of ether oxygens (including phenoxy) is 1. The van der Waals surface area contributed by atoms with E-state index in [0.717, 1.165) is 24.1 Å². The fraction of sp³-hybridized carbons (Fsp3) is 0.533. The zero-order valence-electron chi connectivity index (χ0n) is 11.3. The molecule has 3 heteroatoms. The van der Waals surface area contributed by atoms with Crippen molar-refractivity contribution in [2.75, 3.05) is 11.9 Å². The Labute approximate surface area is 109 Å². The van der Waals surface area contributed by atoms with E-state index in [1.54, 1.807) is 0 Å². The maximum atomic E-state index is 12.2. The van der Waals surface area contributed by atoms with Gasteiger partial charge in [0.1, 0.15) is 0 Å². The largest absolute Gasteiger partial charge is 0.376 e. The van der Waals surface area contributed by atoms with Crippen LogP contribution in [0.25, 0.3) is 0 Å². The number of rotatable bonds is 2. The predicted molar refractivity (Wildman–Crippen MR) is 72.6 cm³/mol. The molecule has 3 nitrogen and oxygen atoms in total. The van der Waals surface area contributed by atoms with Crippen LogP contribution in [0.3, 0.4) is 0 Å². The molecule has 1 aromatic rings. The monoisotopic (exact) mass is 247 g/mol. The maximum Gasteiger partial charge on any atom is 0.227 e. The van der Waals surface area contributed by atoms with Crippen LogP contribution in [0.5, 0.6) is 0 Å². The van der Waals surface area contributed by atoms with Crippen molar-refractivity contribution in [3.8, 4) is 0 Å². The fourth-order valence-corrected chi connectivity index (χ4v) is 2.42. The van der Waals surface area contributed by atoms with E-state index in [4.69, 9.17) is 4.74 Å². The van der Waals surface area contributed by atoms with Gasteiger partial charge in [-0.1, -0.05) is 12.1 Å². The third-order valence-corrected chi connectivity index (χ3v) is 3.35. The summed E-state index contributed by atoms with van der Waals surface area (Å²) in [5.41, 5.74) is 1.84. The number of hydrogen-bond donors (Lipinski definition) is 1. The van der Waals surface area contributed by atoms with Gasteiger partial charge < -0.3 is 10.1 Å². The fourth-order valence-electron chi connectivity index (χ4n) is 2.42. The summed E-state index contributed by atoms with van der Waals surface area (Å²) in [6.45, 7) is 6.77. The second-order valence-electron chi connectivity index (χ2n) is 5.66. The summed E-state index contributed by atoms with van der Waals surface area (Å²) in [6, 6.07) is 7.89. The molecular weight excluding hydrogens is 226 g/mol. The zero-order valence-corrected chi connectivity index (χ0v) is 11.3. The van der Waals surface area contributed by atoms with Crippen molar-refractivity contribution in [1.82, 2.24) is 0 Å². The van der Waals surface area contributed by atoms with Crippen LogP contribution in [-0.2, 0) is 9.53 Å². The van der Waals surface area contributed by atoms with Gasteiger partial charge in [0.15, 0.2) is 0 Å². The average Bonchev–Trinajstić information content (AvgIpc) is 2.27. The second kappa shape index (κ2) is 5.11. The van der Waals surface area contributed by atoms with Gasteiger partial charge in [-0.05, 0) is 51.3 Å². The highest BCUT2D eigenvalue weighted by atomic mass is 16.5. The molecule has 0 unspecified atom stereocenters. The molecule has 0 spiro atoms. The van der Waals surface area contributed by atoms with Crippen molar-refractivity contribution in [3.63, 3.8) is 0 Å². The van der Waals surface area contributed by atoms with Gasteiger partial charge in [0, 0.05) is 18.2 Å². The van der Waals surface area contributed by atoms with Crippen LogP contribution in [0.2, 0.25) is 0 Å². The molecule has 98 valence electrons. The Morgan fingerprint density at radius 1 is 1.44 bits per heavy atom. The summed E-state index contributed by atoms with van der Waals surface area (Å²) in [5.74, 6) is 0.159. The molecule has 1 aliphatic rings. The number of carbonyl (C=O) groups is 1. The van der Waals surface area contributed by atoms with E-state index in [-0.39, 0.29) is 17.4 Å². The standard InChI is InChI=1S/C15H21NO2/c1-11-5-4-6-13(9-11)16-14(17)12-7-8-18-15(2,3)10-12/h4-6,9,12H,7-8,10H2,1-3H3,(H,16,17)/t12-/m0/s1. The summed E-state index contributed by atoms with van der Waals surface area (Å²) in [7, 11) is 0. The number of nitrogens with one attached hydrogen (secondary N) is 1. The molecule has 1 heterocycles. The molecule has 1 aliphatic heterocycles. The summed E-state index contributed by atoms with van der Waals surface area (Å²) in [6.07, 6.45) is 1.59. The highest BCUT2D eigenvalue weighted by Gasteiger charge is 2.32. The zero-order chi connectivity index (χ0) is 13.2. The number of aryl methyl sites for hydroxylation is 1. The van der Waals surface area contributed by atoms with Crippen LogP contribution in [0, 0.1) is 12.8 Å². The van der Waals surface area contributed by atoms with Crippen LogP contribution in [0.15, 0.2) is 24.3 Å². The number of amides is 1. The lowest BCUT2D eigenvalue weighted by Gasteiger charge is -2.34. The molecule has 0 bridgehead atoms. The van der Waals surface area contributed by atoms with Gasteiger partial charge in [-0.3, -0.25) is 4.79 Å². The molecular formula is C15H21NO2. The van der Waals surface area contributed by atoms with Gasteiger partial charge >= 0.3 is 0 Å². The topological polar surface area (TPSA) is 38.3 Å². The van der Waals surface area contributed by atoms with Crippen LogP contribution in [0.4, 0.5) is 5.69 Å². The van der Waals surface area contributed by atoms with Gasteiger partial charge in [-0.15, -0.1) is 0 Å². The third-order valence-electron chi connectivity index (χ3n) is 3.35. The SMILES string of the molecule is Cc1cccc(NC(=O)[C@H]2CCOC(C)(C)C2)c1. The molecule has 1 N–H and O–H groups in total. The smallest absolute Gasteiger partial charge is 0.227 e. The van der Waals surface area contributed by atoms with E-state index in [1.807, 2.05) is 45.0 Å². The first-order valence-corrected chi connectivity index (χ1v) is 6.48. The van der Waals surface area contributed by atoms with Gasteiger partial charge in [-0.2, -0.15) is 0 Å². The van der Waals surface area contributed by atoms with Crippen molar-refractivity contribution in [1.29, 1.82) is 0 Å². The molecule has 2 rings (SSSR count). The van der Waals surface area contributed by atoms with Crippen LogP contribution >= 0.6 is 0 Å².